The number of aromatic nitrogens is 1. The molecule has 0 aliphatic carbocycles. The molecule has 0 bridgehead atoms. The van der Waals surface area contributed by atoms with Crippen LogP contribution in [0.4, 0.5) is 5.82 Å². The number of anilines is 1. The molecule has 5 heteroatoms. The second-order valence-electron chi connectivity index (χ2n) is 5.99. The first-order chi connectivity index (χ1) is 10.9. The highest BCUT2D eigenvalue weighted by Gasteiger charge is 2.16. The fraction of sp³-hybridized carbons (Fsp3) is 0.333. The van der Waals surface area contributed by atoms with Gasteiger partial charge in [0, 0.05) is 25.8 Å². The van der Waals surface area contributed by atoms with Crippen molar-refractivity contribution < 1.29 is 9.90 Å². The molecule has 0 atom stereocenters. The normalized spacial score (nSPS) is 10.8. The summed E-state index contributed by atoms with van der Waals surface area (Å²) in [6.07, 6.45) is 0. The lowest BCUT2D eigenvalue weighted by atomic mass is 10.1. The first kappa shape index (κ1) is 17.0. The smallest absolute Gasteiger partial charge is 0.339 e. The molecule has 0 saturated heterocycles. The number of carboxylic acids is 1. The molecule has 5 nitrogen and oxygen atoms in total. The third-order valence-electron chi connectivity index (χ3n) is 3.62. The fourth-order valence-corrected chi connectivity index (χ4v) is 2.54. The molecule has 1 aromatic heterocycles. The molecule has 1 N–H and O–H groups in total. The number of hydrogen-bond acceptors (Lipinski definition) is 4. The van der Waals surface area contributed by atoms with Crippen molar-refractivity contribution in [2.45, 2.75) is 20.0 Å². The number of hydrogen-bond donors (Lipinski definition) is 1. The lowest BCUT2D eigenvalue weighted by Gasteiger charge is -2.23. The van der Waals surface area contributed by atoms with Crippen LogP contribution in [-0.2, 0) is 13.1 Å². The zero-order chi connectivity index (χ0) is 17.0. The van der Waals surface area contributed by atoms with Crippen molar-refractivity contribution in [3.63, 3.8) is 0 Å². The van der Waals surface area contributed by atoms with Crippen molar-refractivity contribution in [3.8, 4) is 0 Å². The van der Waals surface area contributed by atoms with Crippen LogP contribution < -0.4 is 4.90 Å². The Hall–Kier alpha value is -2.40. The maximum Gasteiger partial charge on any atom is 0.339 e. The van der Waals surface area contributed by atoms with E-state index < -0.39 is 5.97 Å². The Labute approximate surface area is 137 Å². The zero-order valence-electron chi connectivity index (χ0n) is 14.1. The van der Waals surface area contributed by atoms with Crippen LogP contribution in [0.5, 0.6) is 0 Å². The van der Waals surface area contributed by atoms with Gasteiger partial charge in [0.1, 0.15) is 11.4 Å². The van der Waals surface area contributed by atoms with E-state index in [2.05, 4.69) is 22.0 Å². The number of nitrogens with zero attached hydrogens (tertiary/aromatic N) is 3. The second kappa shape index (κ2) is 7.24. The molecule has 0 amide bonds. The van der Waals surface area contributed by atoms with Gasteiger partial charge in [0.25, 0.3) is 0 Å². The standard InChI is InChI=1S/C18H23N3O2/c1-13-9-10-16(18(22)23)17(19-13)21(4)12-15-8-6-5-7-14(15)11-20(2)3/h5-10H,11-12H2,1-4H3,(H,22,23). The van der Waals surface area contributed by atoms with Gasteiger partial charge >= 0.3 is 5.97 Å². The molecule has 0 unspecified atom stereocenters. The largest absolute Gasteiger partial charge is 0.478 e. The molecule has 0 aliphatic rings. The fourth-order valence-electron chi connectivity index (χ4n) is 2.54. The Morgan fingerprint density at radius 3 is 2.22 bits per heavy atom. The maximum atomic E-state index is 11.4. The number of aromatic carboxylic acids is 1. The number of benzene rings is 1. The lowest BCUT2D eigenvalue weighted by molar-refractivity contribution is 0.0697. The summed E-state index contributed by atoms with van der Waals surface area (Å²) in [7, 11) is 5.94. The number of carbonyl (C=O) groups is 1. The van der Waals surface area contributed by atoms with Crippen LogP contribution in [0.2, 0.25) is 0 Å². The van der Waals surface area contributed by atoms with Gasteiger partial charge in [-0.25, -0.2) is 9.78 Å². The van der Waals surface area contributed by atoms with Crippen LogP contribution in [0.1, 0.15) is 27.2 Å². The van der Waals surface area contributed by atoms with E-state index in [0.717, 1.165) is 12.2 Å². The maximum absolute atomic E-state index is 11.4. The molecular formula is C18H23N3O2. The predicted octanol–water partition coefficient (Wildman–Crippen LogP) is 2.79. The van der Waals surface area contributed by atoms with Crippen molar-refractivity contribution in [2.75, 3.05) is 26.0 Å². The summed E-state index contributed by atoms with van der Waals surface area (Å²) in [5, 5.41) is 9.37. The first-order valence-electron chi connectivity index (χ1n) is 7.52. The van der Waals surface area contributed by atoms with Crippen molar-refractivity contribution in [2.24, 2.45) is 0 Å². The summed E-state index contributed by atoms with van der Waals surface area (Å²) >= 11 is 0. The van der Waals surface area contributed by atoms with Gasteiger partial charge in [-0.1, -0.05) is 24.3 Å². The monoisotopic (exact) mass is 313 g/mol. The van der Waals surface area contributed by atoms with Crippen LogP contribution in [0, 0.1) is 6.92 Å². The Balaban J connectivity index is 2.31. The molecule has 0 saturated carbocycles. The Morgan fingerprint density at radius 1 is 1.04 bits per heavy atom. The third kappa shape index (κ3) is 4.29. The molecule has 23 heavy (non-hydrogen) atoms. The molecule has 2 rings (SSSR count). The average Bonchev–Trinajstić information content (AvgIpc) is 2.48. The van der Waals surface area contributed by atoms with Gasteiger partial charge in [-0.15, -0.1) is 0 Å². The summed E-state index contributed by atoms with van der Waals surface area (Å²) < 4.78 is 0. The van der Waals surface area contributed by atoms with Crippen LogP contribution in [-0.4, -0.2) is 42.1 Å². The summed E-state index contributed by atoms with van der Waals surface area (Å²) in [6, 6.07) is 11.5. The van der Waals surface area contributed by atoms with Gasteiger partial charge in [0.05, 0.1) is 0 Å². The van der Waals surface area contributed by atoms with Gasteiger partial charge in [-0.2, -0.15) is 0 Å². The van der Waals surface area contributed by atoms with E-state index in [4.69, 9.17) is 0 Å². The van der Waals surface area contributed by atoms with E-state index in [0.29, 0.717) is 12.4 Å². The minimum Gasteiger partial charge on any atom is -0.478 e. The molecular weight excluding hydrogens is 290 g/mol. The summed E-state index contributed by atoms with van der Waals surface area (Å²) in [4.78, 5) is 19.9. The molecule has 0 radical (unpaired) electrons. The van der Waals surface area contributed by atoms with Gasteiger partial charge < -0.3 is 14.9 Å². The third-order valence-corrected chi connectivity index (χ3v) is 3.62. The minimum absolute atomic E-state index is 0.225. The van der Waals surface area contributed by atoms with E-state index in [1.165, 1.54) is 11.1 Å². The second-order valence-corrected chi connectivity index (χ2v) is 5.99. The average molecular weight is 313 g/mol. The molecule has 0 fully saturated rings. The van der Waals surface area contributed by atoms with Gasteiger partial charge in [-0.3, -0.25) is 0 Å². The number of carboxylic acid groups (broad SMARTS) is 1. The molecule has 1 aromatic carbocycles. The van der Waals surface area contributed by atoms with E-state index in [-0.39, 0.29) is 5.56 Å². The lowest BCUT2D eigenvalue weighted by Crippen LogP contribution is -2.23. The highest BCUT2D eigenvalue weighted by atomic mass is 16.4. The van der Waals surface area contributed by atoms with Crippen molar-refractivity contribution >= 4 is 11.8 Å². The number of rotatable bonds is 6. The summed E-state index contributed by atoms with van der Waals surface area (Å²) in [5.41, 5.74) is 3.43. The molecule has 0 aliphatic heterocycles. The summed E-state index contributed by atoms with van der Waals surface area (Å²) in [5.74, 6) is -0.460. The van der Waals surface area contributed by atoms with Gasteiger partial charge in [0.15, 0.2) is 0 Å². The predicted molar refractivity (Wildman–Crippen MR) is 91.9 cm³/mol. The Kier molecular flexibility index (Phi) is 5.34. The van der Waals surface area contributed by atoms with E-state index in [1.807, 2.05) is 45.1 Å². The van der Waals surface area contributed by atoms with Gasteiger partial charge in [-0.05, 0) is 44.3 Å². The van der Waals surface area contributed by atoms with E-state index in [1.54, 1.807) is 12.1 Å². The van der Waals surface area contributed by atoms with E-state index in [9.17, 15) is 9.90 Å². The van der Waals surface area contributed by atoms with E-state index >= 15 is 0 Å². The molecule has 1 heterocycles. The topological polar surface area (TPSA) is 56.7 Å². The Bertz CT molecular complexity index is 698. The molecule has 122 valence electrons. The summed E-state index contributed by atoms with van der Waals surface area (Å²) in [6.45, 7) is 3.32. The SMILES string of the molecule is Cc1ccc(C(=O)O)c(N(C)Cc2ccccc2CN(C)C)n1. The zero-order valence-corrected chi connectivity index (χ0v) is 14.1. The van der Waals surface area contributed by atoms with Crippen LogP contribution in [0.15, 0.2) is 36.4 Å². The van der Waals surface area contributed by atoms with Crippen LogP contribution in [0.25, 0.3) is 0 Å². The number of pyridine rings is 1. The van der Waals surface area contributed by atoms with Crippen molar-refractivity contribution in [1.29, 1.82) is 0 Å². The number of aryl methyl sites for hydroxylation is 1. The first-order valence-corrected chi connectivity index (χ1v) is 7.52. The Morgan fingerprint density at radius 2 is 1.65 bits per heavy atom. The molecule has 2 aromatic rings. The van der Waals surface area contributed by atoms with Crippen LogP contribution in [0.3, 0.4) is 0 Å². The highest BCUT2D eigenvalue weighted by Crippen LogP contribution is 2.21. The van der Waals surface area contributed by atoms with Crippen molar-refractivity contribution in [3.05, 3.63) is 58.8 Å². The molecule has 0 spiro atoms. The minimum atomic E-state index is -0.957. The van der Waals surface area contributed by atoms with Crippen LogP contribution >= 0.6 is 0 Å². The van der Waals surface area contributed by atoms with Gasteiger partial charge in [0.2, 0.25) is 0 Å². The van der Waals surface area contributed by atoms with Crippen molar-refractivity contribution in [1.82, 2.24) is 9.88 Å². The quantitative estimate of drug-likeness (QED) is 0.888. The highest BCUT2D eigenvalue weighted by molar-refractivity contribution is 5.93.